The molecule has 1 amide bonds. The Morgan fingerprint density at radius 3 is 2.32 bits per heavy atom. The van der Waals surface area contributed by atoms with E-state index in [0.717, 1.165) is 30.6 Å². The van der Waals surface area contributed by atoms with Crippen molar-refractivity contribution in [3.63, 3.8) is 0 Å². The van der Waals surface area contributed by atoms with E-state index in [2.05, 4.69) is 10.3 Å². The summed E-state index contributed by atoms with van der Waals surface area (Å²) in [5.74, 6) is -3.84. The topological polar surface area (TPSA) is 76.1 Å². The molecule has 112 valence electrons. The Hall–Kier alpha value is -2.96. The highest BCUT2D eigenvalue weighted by atomic mass is 19.1. The van der Waals surface area contributed by atoms with Crippen LogP contribution in [0.1, 0.15) is 16.8 Å². The van der Waals surface area contributed by atoms with Crippen LogP contribution < -0.4 is 5.32 Å². The van der Waals surface area contributed by atoms with Crippen molar-refractivity contribution in [1.29, 1.82) is 0 Å². The normalized spacial score (nSPS) is 10.1. The molecular formula is C15H10F2N2O3. The lowest BCUT2D eigenvalue weighted by Gasteiger charge is -2.04. The van der Waals surface area contributed by atoms with E-state index < -0.39 is 35.5 Å². The first-order valence-electron chi connectivity index (χ1n) is 6.19. The van der Waals surface area contributed by atoms with Gasteiger partial charge >= 0.3 is 0 Å². The van der Waals surface area contributed by atoms with Crippen LogP contribution in [0.5, 0.6) is 0 Å². The molecule has 0 bridgehead atoms. The average molecular weight is 304 g/mol. The van der Waals surface area contributed by atoms with Gasteiger partial charge in [-0.25, -0.2) is 8.78 Å². The van der Waals surface area contributed by atoms with Crippen LogP contribution in [0.3, 0.4) is 0 Å². The van der Waals surface area contributed by atoms with E-state index in [1.807, 2.05) is 0 Å². The van der Waals surface area contributed by atoms with Crippen LogP contribution in [-0.2, 0) is 9.59 Å². The molecule has 2 aromatic rings. The Labute approximate surface area is 124 Å². The standard InChI is InChI=1S/C15H10F2N2O3/c16-10-3-1-9(2-4-10)13(20)6-14(21)15(22)19-12-5-11(17)7-18-8-12/h1-5,7-8H,6H2,(H,19,22). The fourth-order valence-electron chi connectivity index (χ4n) is 1.64. The van der Waals surface area contributed by atoms with Gasteiger partial charge in [0.2, 0.25) is 5.78 Å². The van der Waals surface area contributed by atoms with Crippen LogP contribution >= 0.6 is 0 Å². The van der Waals surface area contributed by atoms with Gasteiger partial charge in [0.25, 0.3) is 5.91 Å². The van der Waals surface area contributed by atoms with Crippen LogP contribution in [0.25, 0.3) is 0 Å². The SMILES string of the molecule is O=C(CC(=O)c1ccc(F)cc1)C(=O)Nc1cncc(F)c1. The number of pyridine rings is 1. The van der Waals surface area contributed by atoms with Crippen molar-refractivity contribution in [1.82, 2.24) is 4.98 Å². The summed E-state index contributed by atoms with van der Waals surface area (Å²) in [6.45, 7) is 0. The molecule has 2 rings (SSSR count). The van der Waals surface area contributed by atoms with E-state index in [1.165, 1.54) is 12.1 Å². The summed E-state index contributed by atoms with van der Waals surface area (Å²) in [6, 6.07) is 5.59. The Morgan fingerprint density at radius 1 is 1.00 bits per heavy atom. The first-order chi connectivity index (χ1) is 10.5. The zero-order valence-electron chi connectivity index (χ0n) is 11.2. The van der Waals surface area contributed by atoms with Gasteiger partial charge in [0.05, 0.1) is 24.5 Å². The molecule has 1 heterocycles. The van der Waals surface area contributed by atoms with E-state index in [-0.39, 0.29) is 11.3 Å². The zero-order valence-corrected chi connectivity index (χ0v) is 11.2. The first-order valence-corrected chi connectivity index (χ1v) is 6.19. The Morgan fingerprint density at radius 2 is 1.68 bits per heavy atom. The van der Waals surface area contributed by atoms with Crippen molar-refractivity contribution < 1.29 is 23.2 Å². The largest absolute Gasteiger partial charge is 0.318 e. The first kappa shape index (κ1) is 15.4. The van der Waals surface area contributed by atoms with Crippen molar-refractivity contribution in [2.24, 2.45) is 0 Å². The molecule has 0 aliphatic heterocycles. The summed E-state index contributed by atoms with van der Waals surface area (Å²) in [4.78, 5) is 38.6. The number of hydrogen-bond donors (Lipinski definition) is 1. The minimum Gasteiger partial charge on any atom is -0.318 e. The predicted molar refractivity (Wildman–Crippen MR) is 73.2 cm³/mol. The summed E-state index contributed by atoms with van der Waals surface area (Å²) >= 11 is 0. The van der Waals surface area contributed by atoms with Gasteiger partial charge in [0, 0.05) is 11.6 Å². The number of rotatable bonds is 5. The second-order valence-corrected chi connectivity index (χ2v) is 4.38. The van der Waals surface area contributed by atoms with E-state index in [9.17, 15) is 23.2 Å². The lowest BCUT2D eigenvalue weighted by atomic mass is 10.1. The second kappa shape index (κ2) is 6.66. The molecule has 0 fully saturated rings. The van der Waals surface area contributed by atoms with Gasteiger partial charge in [-0.05, 0) is 24.3 Å². The van der Waals surface area contributed by atoms with Gasteiger partial charge in [-0.2, -0.15) is 0 Å². The molecule has 7 heteroatoms. The molecular weight excluding hydrogens is 294 g/mol. The summed E-state index contributed by atoms with van der Waals surface area (Å²) < 4.78 is 25.6. The minimum atomic E-state index is -1.05. The predicted octanol–water partition coefficient (Wildman–Crippen LogP) is 2.14. The van der Waals surface area contributed by atoms with Crippen molar-refractivity contribution in [2.75, 3.05) is 5.32 Å². The van der Waals surface area contributed by atoms with Gasteiger partial charge in [0.15, 0.2) is 5.78 Å². The van der Waals surface area contributed by atoms with Gasteiger partial charge in [-0.15, -0.1) is 0 Å². The third-order valence-electron chi connectivity index (χ3n) is 2.70. The minimum absolute atomic E-state index is 0.00702. The smallest absolute Gasteiger partial charge is 0.292 e. The maximum atomic E-state index is 12.9. The molecule has 0 saturated heterocycles. The fraction of sp³-hybridized carbons (Fsp3) is 0.0667. The molecule has 0 saturated carbocycles. The number of amides is 1. The van der Waals surface area contributed by atoms with Crippen LogP contribution in [0.15, 0.2) is 42.7 Å². The van der Waals surface area contributed by atoms with E-state index in [1.54, 1.807) is 0 Å². The molecule has 0 spiro atoms. The highest BCUT2D eigenvalue weighted by molar-refractivity contribution is 6.44. The molecule has 0 atom stereocenters. The number of carbonyl (C=O) groups excluding carboxylic acids is 3. The average Bonchev–Trinajstić information content (AvgIpc) is 2.47. The Balaban J connectivity index is 1.98. The monoisotopic (exact) mass is 304 g/mol. The summed E-state index contributed by atoms with van der Waals surface area (Å²) in [6.07, 6.45) is 1.44. The van der Waals surface area contributed by atoms with E-state index >= 15 is 0 Å². The molecule has 0 aliphatic rings. The van der Waals surface area contributed by atoms with Crippen LogP contribution in [0, 0.1) is 11.6 Å². The molecule has 0 radical (unpaired) electrons. The molecule has 0 aliphatic carbocycles. The number of anilines is 1. The second-order valence-electron chi connectivity index (χ2n) is 4.38. The van der Waals surface area contributed by atoms with Crippen molar-refractivity contribution in [3.05, 3.63) is 59.9 Å². The van der Waals surface area contributed by atoms with Gasteiger partial charge in [-0.1, -0.05) is 0 Å². The number of carbonyl (C=O) groups is 3. The summed E-state index contributed by atoms with van der Waals surface area (Å²) in [7, 11) is 0. The Kier molecular flexibility index (Phi) is 4.67. The number of ketones is 2. The van der Waals surface area contributed by atoms with Crippen LogP contribution in [-0.4, -0.2) is 22.5 Å². The molecule has 1 N–H and O–H groups in total. The highest BCUT2D eigenvalue weighted by Gasteiger charge is 2.19. The number of nitrogens with zero attached hydrogens (tertiary/aromatic N) is 1. The lowest BCUT2D eigenvalue weighted by molar-refractivity contribution is -0.134. The molecule has 0 unspecified atom stereocenters. The van der Waals surface area contributed by atoms with Crippen molar-refractivity contribution >= 4 is 23.2 Å². The summed E-state index contributed by atoms with van der Waals surface area (Å²) in [5, 5.41) is 2.15. The highest BCUT2D eigenvalue weighted by Crippen LogP contribution is 2.09. The number of benzene rings is 1. The third-order valence-corrected chi connectivity index (χ3v) is 2.70. The van der Waals surface area contributed by atoms with Crippen molar-refractivity contribution in [2.45, 2.75) is 6.42 Å². The molecule has 1 aromatic carbocycles. The van der Waals surface area contributed by atoms with Gasteiger partial charge in [0.1, 0.15) is 11.6 Å². The van der Waals surface area contributed by atoms with Crippen molar-refractivity contribution in [3.8, 4) is 0 Å². The number of aromatic nitrogens is 1. The maximum absolute atomic E-state index is 12.9. The summed E-state index contributed by atoms with van der Waals surface area (Å²) in [5.41, 5.74) is 0.127. The zero-order chi connectivity index (χ0) is 16.1. The lowest BCUT2D eigenvalue weighted by Crippen LogP contribution is -2.25. The fourth-order valence-corrected chi connectivity index (χ4v) is 1.64. The van der Waals surface area contributed by atoms with E-state index in [0.29, 0.717) is 0 Å². The quantitative estimate of drug-likeness (QED) is 0.521. The van der Waals surface area contributed by atoms with E-state index in [4.69, 9.17) is 0 Å². The third kappa shape index (κ3) is 4.02. The molecule has 5 nitrogen and oxygen atoms in total. The number of halogens is 2. The molecule has 22 heavy (non-hydrogen) atoms. The number of hydrogen-bond acceptors (Lipinski definition) is 4. The van der Waals surface area contributed by atoms with Gasteiger partial charge < -0.3 is 5.32 Å². The van der Waals surface area contributed by atoms with Crippen LogP contribution in [0.4, 0.5) is 14.5 Å². The van der Waals surface area contributed by atoms with Crippen LogP contribution in [0.2, 0.25) is 0 Å². The Bertz CT molecular complexity index is 730. The maximum Gasteiger partial charge on any atom is 0.292 e. The molecule has 1 aromatic heterocycles. The number of nitrogens with one attached hydrogen (secondary N) is 1. The van der Waals surface area contributed by atoms with Gasteiger partial charge in [-0.3, -0.25) is 19.4 Å². The number of Topliss-reactive ketones (excluding diaryl/α,β-unsaturated/α-hetero) is 2.